The molecule has 0 aromatic heterocycles. The molecule has 2 aromatic rings. The van der Waals surface area contributed by atoms with Gasteiger partial charge in [0.15, 0.2) is 0 Å². The van der Waals surface area contributed by atoms with Crippen LogP contribution in [0.4, 0.5) is 4.79 Å². The molecular formula is C29H35NO5. The van der Waals surface area contributed by atoms with Gasteiger partial charge in [-0.1, -0.05) is 81.8 Å². The monoisotopic (exact) mass is 477 g/mol. The van der Waals surface area contributed by atoms with E-state index in [-0.39, 0.29) is 30.6 Å². The van der Waals surface area contributed by atoms with E-state index in [2.05, 4.69) is 29.6 Å². The first kappa shape index (κ1) is 26.2. The summed E-state index contributed by atoms with van der Waals surface area (Å²) >= 11 is 0. The second kappa shape index (κ2) is 12.3. The van der Waals surface area contributed by atoms with Gasteiger partial charge < -0.3 is 14.8 Å². The van der Waals surface area contributed by atoms with Crippen LogP contribution < -0.4 is 5.32 Å². The highest BCUT2D eigenvalue weighted by Gasteiger charge is 2.31. The van der Waals surface area contributed by atoms with Crippen LogP contribution in [0.5, 0.6) is 0 Å². The molecule has 0 saturated carbocycles. The number of hydrogen-bond donors (Lipinski definition) is 1. The molecule has 1 unspecified atom stereocenters. The fourth-order valence-corrected chi connectivity index (χ4v) is 4.33. The Bertz CT molecular complexity index is 1030. The summed E-state index contributed by atoms with van der Waals surface area (Å²) in [5.41, 5.74) is 4.53. The third-order valence-corrected chi connectivity index (χ3v) is 6.10. The fourth-order valence-electron chi connectivity index (χ4n) is 4.33. The zero-order valence-electron chi connectivity index (χ0n) is 21.0. The lowest BCUT2D eigenvalue weighted by Crippen LogP contribution is -2.46. The molecule has 0 fully saturated rings. The summed E-state index contributed by atoms with van der Waals surface area (Å²) in [6.45, 7) is 7.31. The highest BCUT2D eigenvalue weighted by Crippen LogP contribution is 2.44. The van der Waals surface area contributed by atoms with Crippen LogP contribution in [0.1, 0.15) is 64.0 Å². The van der Waals surface area contributed by atoms with E-state index in [0.717, 1.165) is 35.1 Å². The third-order valence-electron chi connectivity index (χ3n) is 6.10. The largest absolute Gasteiger partial charge is 0.456 e. The summed E-state index contributed by atoms with van der Waals surface area (Å²) in [5, 5.41) is 2.67. The van der Waals surface area contributed by atoms with Gasteiger partial charge in [0, 0.05) is 12.3 Å². The van der Waals surface area contributed by atoms with Gasteiger partial charge in [0.05, 0.1) is 0 Å². The number of benzene rings is 2. The molecule has 0 radical (unpaired) electrons. The quantitative estimate of drug-likeness (QED) is 0.327. The van der Waals surface area contributed by atoms with Crippen molar-refractivity contribution in [2.45, 2.75) is 65.0 Å². The number of allylic oxidation sites excluding steroid dienone is 1. The SMILES string of the molecule is CCC/C=C/C(CC(C)=O)OC(=O)[C@@H](NC(=O)OCC1c2ccccc2-c2ccccc21)C(C)C. The lowest BCUT2D eigenvalue weighted by atomic mass is 9.98. The number of alkyl carbamates (subject to hydrolysis) is 1. The van der Waals surface area contributed by atoms with E-state index in [1.165, 1.54) is 6.92 Å². The van der Waals surface area contributed by atoms with Crippen molar-refractivity contribution in [3.05, 3.63) is 71.8 Å². The predicted molar refractivity (Wildman–Crippen MR) is 136 cm³/mol. The van der Waals surface area contributed by atoms with Crippen molar-refractivity contribution in [1.82, 2.24) is 5.32 Å². The minimum absolute atomic E-state index is 0.0683. The van der Waals surface area contributed by atoms with Crippen molar-refractivity contribution in [1.29, 1.82) is 0 Å². The molecule has 1 aliphatic rings. The Hall–Kier alpha value is -3.41. The second-order valence-electron chi connectivity index (χ2n) is 9.29. The Labute approximate surface area is 207 Å². The van der Waals surface area contributed by atoms with Crippen LogP contribution >= 0.6 is 0 Å². The summed E-state index contributed by atoms with van der Waals surface area (Å²) in [6.07, 6.45) is 4.20. The lowest BCUT2D eigenvalue weighted by Gasteiger charge is -2.23. The van der Waals surface area contributed by atoms with Crippen molar-refractivity contribution < 1.29 is 23.9 Å². The minimum atomic E-state index is -0.889. The molecule has 0 saturated heterocycles. The Morgan fingerprint density at radius 1 is 1.00 bits per heavy atom. The zero-order valence-corrected chi connectivity index (χ0v) is 21.0. The van der Waals surface area contributed by atoms with Gasteiger partial charge in [-0.25, -0.2) is 9.59 Å². The maximum Gasteiger partial charge on any atom is 0.407 e. The number of esters is 1. The van der Waals surface area contributed by atoms with E-state index in [4.69, 9.17) is 9.47 Å². The van der Waals surface area contributed by atoms with Gasteiger partial charge in [0.1, 0.15) is 24.5 Å². The van der Waals surface area contributed by atoms with E-state index in [9.17, 15) is 14.4 Å². The number of fused-ring (bicyclic) bond motifs is 3. The van der Waals surface area contributed by atoms with Gasteiger partial charge in [0.25, 0.3) is 0 Å². The maximum atomic E-state index is 12.9. The number of carbonyl (C=O) groups is 3. The summed E-state index contributed by atoms with van der Waals surface area (Å²) in [6, 6.07) is 15.3. The maximum absolute atomic E-state index is 12.9. The first-order valence-corrected chi connectivity index (χ1v) is 12.3. The number of unbranched alkanes of at least 4 members (excludes halogenated alkanes) is 1. The number of ketones is 1. The van der Waals surface area contributed by atoms with Gasteiger partial charge >= 0.3 is 12.1 Å². The fraction of sp³-hybridized carbons (Fsp3) is 0.414. The molecular weight excluding hydrogens is 442 g/mol. The molecule has 35 heavy (non-hydrogen) atoms. The average Bonchev–Trinajstić information content (AvgIpc) is 3.14. The van der Waals surface area contributed by atoms with Crippen LogP contribution in [0.15, 0.2) is 60.7 Å². The van der Waals surface area contributed by atoms with Gasteiger partial charge in [-0.05, 0) is 47.6 Å². The van der Waals surface area contributed by atoms with E-state index in [1.807, 2.05) is 51.1 Å². The number of carbonyl (C=O) groups excluding carboxylic acids is 3. The Kier molecular flexibility index (Phi) is 9.24. The predicted octanol–water partition coefficient (Wildman–Crippen LogP) is 5.80. The van der Waals surface area contributed by atoms with E-state index in [1.54, 1.807) is 6.08 Å². The molecule has 1 N–H and O–H groups in total. The molecule has 1 aliphatic carbocycles. The van der Waals surface area contributed by atoms with E-state index in [0.29, 0.717) is 0 Å². The summed E-state index contributed by atoms with van der Waals surface area (Å²) in [5.74, 6) is -0.947. The standard InChI is InChI=1S/C29H35NO5/c1-5-6-7-12-21(17-20(4)31)35-28(32)27(19(2)3)30-29(33)34-18-26-24-15-10-8-13-22(24)23-14-9-11-16-25(23)26/h7-16,19,21,26-27H,5-6,17-18H2,1-4H3,(H,30,33)/b12-7+/t21?,27-/m0/s1. The molecule has 2 aromatic carbocycles. The second-order valence-corrected chi connectivity index (χ2v) is 9.29. The van der Waals surface area contributed by atoms with Crippen LogP contribution in [0, 0.1) is 5.92 Å². The third kappa shape index (κ3) is 6.81. The van der Waals surface area contributed by atoms with Crippen molar-refractivity contribution in [2.75, 3.05) is 6.61 Å². The van der Waals surface area contributed by atoms with Crippen LogP contribution in [-0.4, -0.2) is 36.6 Å². The average molecular weight is 478 g/mol. The van der Waals surface area contributed by atoms with Crippen molar-refractivity contribution in [3.63, 3.8) is 0 Å². The zero-order chi connectivity index (χ0) is 25.4. The van der Waals surface area contributed by atoms with Gasteiger partial charge in [-0.3, -0.25) is 4.79 Å². The Balaban J connectivity index is 1.64. The number of ether oxygens (including phenoxy) is 2. The molecule has 1 amide bonds. The highest BCUT2D eigenvalue weighted by molar-refractivity contribution is 5.83. The smallest absolute Gasteiger partial charge is 0.407 e. The lowest BCUT2D eigenvalue weighted by molar-refractivity contribution is -0.151. The first-order valence-electron chi connectivity index (χ1n) is 12.3. The summed E-state index contributed by atoms with van der Waals surface area (Å²) in [7, 11) is 0. The van der Waals surface area contributed by atoms with Gasteiger partial charge in [-0.2, -0.15) is 0 Å². The van der Waals surface area contributed by atoms with Crippen molar-refractivity contribution in [3.8, 4) is 11.1 Å². The molecule has 0 bridgehead atoms. The topological polar surface area (TPSA) is 81.7 Å². The number of hydrogen-bond acceptors (Lipinski definition) is 5. The number of amides is 1. The van der Waals surface area contributed by atoms with Crippen molar-refractivity contribution in [2.24, 2.45) is 5.92 Å². The molecule has 0 heterocycles. The first-order chi connectivity index (χ1) is 16.8. The molecule has 3 rings (SSSR count). The molecule has 2 atom stereocenters. The number of nitrogens with one attached hydrogen (secondary N) is 1. The van der Waals surface area contributed by atoms with Crippen molar-refractivity contribution >= 4 is 17.8 Å². The molecule has 186 valence electrons. The van der Waals surface area contributed by atoms with E-state index < -0.39 is 24.2 Å². The molecule has 0 spiro atoms. The van der Waals surface area contributed by atoms with Gasteiger partial charge in [0.2, 0.25) is 0 Å². The normalized spacial score (nSPS) is 14.3. The molecule has 0 aliphatic heterocycles. The van der Waals surface area contributed by atoms with Crippen LogP contribution in [0.2, 0.25) is 0 Å². The number of rotatable bonds is 11. The van der Waals surface area contributed by atoms with E-state index >= 15 is 0 Å². The van der Waals surface area contributed by atoms with Crippen LogP contribution in [-0.2, 0) is 19.1 Å². The summed E-state index contributed by atoms with van der Waals surface area (Å²) in [4.78, 5) is 37.2. The minimum Gasteiger partial charge on any atom is -0.456 e. The molecule has 6 nitrogen and oxygen atoms in total. The Morgan fingerprint density at radius 3 is 2.14 bits per heavy atom. The Morgan fingerprint density at radius 2 is 1.60 bits per heavy atom. The number of Topliss-reactive ketones (excluding diaryl/α,β-unsaturated/α-hetero) is 1. The highest BCUT2D eigenvalue weighted by atomic mass is 16.6. The van der Waals surface area contributed by atoms with Crippen LogP contribution in [0.25, 0.3) is 11.1 Å². The van der Waals surface area contributed by atoms with Crippen LogP contribution in [0.3, 0.4) is 0 Å². The molecule has 6 heteroatoms. The van der Waals surface area contributed by atoms with Gasteiger partial charge in [-0.15, -0.1) is 0 Å². The summed E-state index contributed by atoms with van der Waals surface area (Å²) < 4.78 is 11.2.